The molecule has 1 saturated heterocycles. The summed E-state index contributed by atoms with van der Waals surface area (Å²) in [6, 6.07) is 6.67. The molecule has 12 nitrogen and oxygen atoms in total. The van der Waals surface area contributed by atoms with Crippen LogP contribution in [0.4, 0.5) is 4.79 Å². The van der Waals surface area contributed by atoms with E-state index in [1.165, 1.54) is 4.90 Å². The third kappa shape index (κ3) is 10.1. The van der Waals surface area contributed by atoms with Crippen LogP contribution in [0.15, 0.2) is 24.3 Å². The van der Waals surface area contributed by atoms with Crippen LogP contribution in [0.25, 0.3) is 0 Å². The molecule has 1 aliphatic rings. The highest BCUT2D eigenvalue weighted by molar-refractivity contribution is 5.78. The molecule has 0 aromatic heterocycles. The fraction of sp³-hybridized carbons (Fsp3) is 0.680. The standard InChI is InChI=1S/C25H40N2O10/c1-17(2)23(32)27(10-12-34-13-11-28)9-8-26(3)25(33)35-16-18-4-6-19(7-5-18)36-24-21(31)14-20(30)22(15-29)37-24/h4-7,17,20-22,24,28-31H,8-16H2,1-3H3/t20-,21?,22-,24-/m1/s1. The molecule has 1 fully saturated rings. The van der Waals surface area contributed by atoms with Crippen molar-refractivity contribution in [2.45, 2.75) is 51.5 Å². The maximum Gasteiger partial charge on any atom is 0.409 e. The van der Waals surface area contributed by atoms with Crippen LogP contribution in [0.1, 0.15) is 25.8 Å². The van der Waals surface area contributed by atoms with Crippen molar-refractivity contribution >= 4 is 12.0 Å². The Bertz CT molecular complexity index is 822. The lowest BCUT2D eigenvalue weighted by Crippen LogP contribution is -2.50. The first-order chi connectivity index (χ1) is 17.7. The van der Waals surface area contributed by atoms with Gasteiger partial charge in [-0.25, -0.2) is 4.79 Å². The van der Waals surface area contributed by atoms with Gasteiger partial charge in [-0.1, -0.05) is 26.0 Å². The first-order valence-electron chi connectivity index (χ1n) is 12.4. The second-order valence-electron chi connectivity index (χ2n) is 9.15. The Morgan fingerprint density at radius 1 is 1.05 bits per heavy atom. The Kier molecular flexibility index (Phi) is 13.0. The van der Waals surface area contributed by atoms with Crippen LogP contribution in [0.5, 0.6) is 5.75 Å². The fourth-order valence-electron chi connectivity index (χ4n) is 3.59. The first-order valence-corrected chi connectivity index (χ1v) is 12.4. The summed E-state index contributed by atoms with van der Waals surface area (Å²) in [5, 5.41) is 37.9. The van der Waals surface area contributed by atoms with Gasteiger partial charge in [-0.05, 0) is 17.7 Å². The fourth-order valence-corrected chi connectivity index (χ4v) is 3.59. The predicted octanol–water partition coefficient (Wildman–Crippen LogP) is -0.0436. The zero-order valence-corrected chi connectivity index (χ0v) is 21.7. The molecule has 210 valence electrons. The van der Waals surface area contributed by atoms with Crippen molar-refractivity contribution in [3.63, 3.8) is 0 Å². The summed E-state index contributed by atoms with van der Waals surface area (Å²) in [7, 11) is 1.59. The van der Waals surface area contributed by atoms with Crippen LogP contribution in [-0.2, 0) is 25.6 Å². The monoisotopic (exact) mass is 528 g/mol. The maximum atomic E-state index is 12.4. The summed E-state index contributed by atoms with van der Waals surface area (Å²) in [6.07, 6.45) is -4.40. The zero-order chi connectivity index (χ0) is 27.4. The van der Waals surface area contributed by atoms with Gasteiger partial charge in [0.15, 0.2) is 0 Å². The van der Waals surface area contributed by atoms with Crippen molar-refractivity contribution in [3.8, 4) is 5.75 Å². The lowest BCUT2D eigenvalue weighted by molar-refractivity contribution is -0.240. The number of aliphatic hydroxyl groups is 4. The Hall–Kier alpha value is -2.48. The van der Waals surface area contributed by atoms with E-state index in [9.17, 15) is 24.9 Å². The molecule has 4 atom stereocenters. The third-order valence-corrected chi connectivity index (χ3v) is 5.82. The van der Waals surface area contributed by atoms with Gasteiger partial charge in [0.05, 0.1) is 32.5 Å². The molecule has 1 aromatic rings. The van der Waals surface area contributed by atoms with Gasteiger partial charge in [0.25, 0.3) is 0 Å². The molecule has 0 aliphatic carbocycles. The number of carbonyl (C=O) groups is 2. The van der Waals surface area contributed by atoms with E-state index in [1.807, 2.05) is 0 Å². The Morgan fingerprint density at radius 2 is 1.76 bits per heavy atom. The molecule has 1 heterocycles. The molecule has 12 heteroatoms. The van der Waals surface area contributed by atoms with E-state index < -0.39 is 37.3 Å². The molecule has 0 spiro atoms. The number of hydrogen-bond acceptors (Lipinski definition) is 10. The van der Waals surface area contributed by atoms with E-state index >= 15 is 0 Å². The maximum absolute atomic E-state index is 12.4. The van der Waals surface area contributed by atoms with Crippen molar-refractivity contribution in [2.75, 3.05) is 53.1 Å². The minimum atomic E-state index is -1.05. The number of aliphatic hydroxyl groups excluding tert-OH is 4. The van der Waals surface area contributed by atoms with E-state index in [0.29, 0.717) is 31.0 Å². The molecule has 0 radical (unpaired) electrons. The number of rotatable bonds is 14. The molecule has 1 aliphatic heterocycles. The molecule has 2 rings (SSSR count). The largest absolute Gasteiger partial charge is 0.462 e. The average Bonchev–Trinajstić information content (AvgIpc) is 2.88. The topological polar surface area (TPSA) is 158 Å². The van der Waals surface area contributed by atoms with Crippen LogP contribution in [0.2, 0.25) is 0 Å². The SMILES string of the molecule is CC(C)C(=O)N(CCOCCO)CCN(C)C(=O)OCc1ccc(O[C@@H]2O[C@H](CO)[C@H](O)CC2O)cc1. The summed E-state index contributed by atoms with van der Waals surface area (Å²) >= 11 is 0. The Morgan fingerprint density at radius 3 is 2.38 bits per heavy atom. The van der Waals surface area contributed by atoms with E-state index in [2.05, 4.69) is 0 Å². The quantitative estimate of drug-likeness (QED) is 0.241. The number of nitrogens with zero attached hydrogens (tertiary/aromatic N) is 2. The molecule has 1 aromatic carbocycles. The number of benzene rings is 1. The summed E-state index contributed by atoms with van der Waals surface area (Å²) in [4.78, 5) is 27.9. The number of hydrogen-bond donors (Lipinski definition) is 4. The van der Waals surface area contributed by atoms with Gasteiger partial charge in [0.2, 0.25) is 12.2 Å². The lowest BCUT2D eigenvalue weighted by Gasteiger charge is -2.36. The van der Waals surface area contributed by atoms with Crippen molar-refractivity contribution in [2.24, 2.45) is 5.92 Å². The van der Waals surface area contributed by atoms with Gasteiger partial charge in [-0.15, -0.1) is 0 Å². The lowest BCUT2D eigenvalue weighted by atomic mass is 10.0. The summed E-state index contributed by atoms with van der Waals surface area (Å²) < 4.78 is 21.7. The number of likely N-dealkylation sites (N-methyl/N-ethyl adjacent to an activating group) is 1. The van der Waals surface area contributed by atoms with Crippen molar-refractivity contribution in [3.05, 3.63) is 29.8 Å². The minimum absolute atomic E-state index is 0.0222. The highest BCUT2D eigenvalue weighted by Crippen LogP contribution is 2.24. The summed E-state index contributed by atoms with van der Waals surface area (Å²) in [6.45, 7) is 4.60. The van der Waals surface area contributed by atoms with Crippen LogP contribution in [-0.4, -0.2) is 120 Å². The summed E-state index contributed by atoms with van der Waals surface area (Å²) in [5.74, 6) is 0.158. The third-order valence-electron chi connectivity index (χ3n) is 5.82. The molecule has 4 N–H and O–H groups in total. The van der Waals surface area contributed by atoms with Gasteiger partial charge < -0.3 is 49.2 Å². The molecule has 37 heavy (non-hydrogen) atoms. The zero-order valence-electron chi connectivity index (χ0n) is 21.7. The van der Waals surface area contributed by atoms with Crippen LogP contribution >= 0.6 is 0 Å². The Labute approximate surface area is 217 Å². The van der Waals surface area contributed by atoms with Crippen LogP contribution < -0.4 is 4.74 Å². The van der Waals surface area contributed by atoms with Crippen molar-refractivity contribution in [1.29, 1.82) is 0 Å². The first kappa shape index (κ1) is 30.7. The van der Waals surface area contributed by atoms with E-state index in [0.717, 1.165) is 0 Å². The van der Waals surface area contributed by atoms with Gasteiger partial charge in [-0.3, -0.25) is 4.79 Å². The second kappa shape index (κ2) is 15.7. The van der Waals surface area contributed by atoms with Gasteiger partial charge >= 0.3 is 6.09 Å². The number of ether oxygens (including phenoxy) is 4. The molecule has 0 bridgehead atoms. The van der Waals surface area contributed by atoms with Gasteiger partial charge in [0.1, 0.15) is 24.6 Å². The van der Waals surface area contributed by atoms with E-state index in [1.54, 1.807) is 50.1 Å². The minimum Gasteiger partial charge on any atom is -0.462 e. The molecule has 1 unspecified atom stereocenters. The van der Waals surface area contributed by atoms with Gasteiger partial charge in [0, 0.05) is 39.0 Å². The number of carbonyl (C=O) groups excluding carboxylic acids is 2. The van der Waals surface area contributed by atoms with E-state index in [4.69, 9.17) is 24.1 Å². The molecule has 2 amide bonds. The normalized spacial score (nSPS) is 21.5. The highest BCUT2D eigenvalue weighted by Gasteiger charge is 2.37. The Balaban J connectivity index is 1.80. The highest BCUT2D eigenvalue weighted by atomic mass is 16.7. The smallest absolute Gasteiger partial charge is 0.409 e. The number of amides is 2. The summed E-state index contributed by atoms with van der Waals surface area (Å²) in [5.41, 5.74) is 0.709. The predicted molar refractivity (Wildman–Crippen MR) is 132 cm³/mol. The second-order valence-corrected chi connectivity index (χ2v) is 9.15. The van der Waals surface area contributed by atoms with Crippen LogP contribution in [0.3, 0.4) is 0 Å². The van der Waals surface area contributed by atoms with E-state index in [-0.39, 0.29) is 44.6 Å². The van der Waals surface area contributed by atoms with Gasteiger partial charge in [-0.2, -0.15) is 0 Å². The van der Waals surface area contributed by atoms with Crippen molar-refractivity contribution in [1.82, 2.24) is 9.80 Å². The molecular formula is C25H40N2O10. The molecular weight excluding hydrogens is 488 g/mol. The average molecular weight is 529 g/mol. The molecule has 0 saturated carbocycles. The van der Waals surface area contributed by atoms with Crippen LogP contribution in [0, 0.1) is 5.92 Å². The van der Waals surface area contributed by atoms with Crippen molar-refractivity contribution < 1.29 is 49.0 Å².